The lowest BCUT2D eigenvalue weighted by Crippen LogP contribution is -2.34. The SMILES string of the molecule is Cc1ccc2[nH]ccc(=O)c2c1C1(c2c(C)ccc3[nH]ccc(=O)c23)OC(=O)c2ccccc21. The molecule has 2 N–H and O–H groups in total. The molecular formula is C28H20N2O4. The van der Waals surface area contributed by atoms with Crippen LogP contribution in [0.25, 0.3) is 21.8 Å². The first-order valence-electron chi connectivity index (χ1n) is 11.0. The second-order valence-corrected chi connectivity index (χ2v) is 8.66. The molecule has 1 aliphatic heterocycles. The average Bonchev–Trinajstić information content (AvgIpc) is 3.13. The van der Waals surface area contributed by atoms with Crippen LogP contribution in [-0.4, -0.2) is 15.9 Å². The largest absolute Gasteiger partial charge is 0.441 e. The summed E-state index contributed by atoms with van der Waals surface area (Å²) in [5, 5.41) is 0.853. The molecule has 5 aromatic rings. The van der Waals surface area contributed by atoms with E-state index in [4.69, 9.17) is 4.74 Å². The topological polar surface area (TPSA) is 92.0 Å². The van der Waals surface area contributed by atoms with Crippen molar-refractivity contribution in [3.8, 4) is 0 Å². The maximum atomic E-state index is 13.3. The Morgan fingerprint density at radius 2 is 1.21 bits per heavy atom. The molecule has 6 rings (SSSR count). The molecule has 3 aromatic carbocycles. The highest BCUT2D eigenvalue weighted by molar-refractivity contribution is 6.00. The average molecular weight is 448 g/mol. The van der Waals surface area contributed by atoms with Gasteiger partial charge in [-0.3, -0.25) is 9.59 Å². The number of ether oxygens (including phenoxy) is 1. The van der Waals surface area contributed by atoms with E-state index in [1.807, 2.05) is 50.2 Å². The van der Waals surface area contributed by atoms with Crippen LogP contribution in [0.4, 0.5) is 0 Å². The number of benzene rings is 3. The predicted octanol–water partition coefficient (Wildman–Crippen LogP) is 4.45. The molecule has 6 nitrogen and oxygen atoms in total. The molecule has 0 atom stereocenters. The number of hydrogen-bond donors (Lipinski definition) is 2. The van der Waals surface area contributed by atoms with E-state index >= 15 is 0 Å². The maximum absolute atomic E-state index is 13.3. The van der Waals surface area contributed by atoms with E-state index in [-0.39, 0.29) is 10.9 Å². The zero-order valence-electron chi connectivity index (χ0n) is 18.6. The number of aromatic nitrogens is 2. The first-order chi connectivity index (χ1) is 16.4. The van der Waals surface area contributed by atoms with E-state index in [1.54, 1.807) is 24.5 Å². The minimum Gasteiger partial charge on any atom is -0.441 e. The number of nitrogens with one attached hydrogen (secondary N) is 2. The van der Waals surface area contributed by atoms with Crippen molar-refractivity contribution in [1.29, 1.82) is 0 Å². The monoisotopic (exact) mass is 448 g/mol. The summed E-state index contributed by atoms with van der Waals surface area (Å²) in [5.41, 5.74) is 3.07. The fourth-order valence-electron chi connectivity index (χ4n) is 5.37. The molecule has 0 amide bonds. The number of aromatic amines is 2. The highest BCUT2D eigenvalue weighted by Crippen LogP contribution is 2.51. The van der Waals surface area contributed by atoms with Crippen molar-refractivity contribution < 1.29 is 9.53 Å². The molecule has 0 radical (unpaired) electrons. The molecule has 0 unspecified atom stereocenters. The van der Waals surface area contributed by atoms with Crippen LogP contribution in [0.5, 0.6) is 0 Å². The Labute approximate surface area is 193 Å². The molecule has 6 heteroatoms. The second kappa shape index (κ2) is 7.02. The van der Waals surface area contributed by atoms with Gasteiger partial charge in [0.2, 0.25) is 0 Å². The van der Waals surface area contributed by atoms with Gasteiger partial charge in [0, 0.05) is 52.3 Å². The van der Waals surface area contributed by atoms with E-state index in [0.29, 0.717) is 44.1 Å². The summed E-state index contributed by atoms with van der Waals surface area (Å²) in [4.78, 5) is 46.1. The predicted molar refractivity (Wildman–Crippen MR) is 130 cm³/mol. The van der Waals surface area contributed by atoms with Gasteiger partial charge >= 0.3 is 5.97 Å². The lowest BCUT2D eigenvalue weighted by atomic mass is 9.74. The van der Waals surface area contributed by atoms with Gasteiger partial charge in [-0.15, -0.1) is 0 Å². The molecule has 0 bridgehead atoms. The van der Waals surface area contributed by atoms with Crippen molar-refractivity contribution in [1.82, 2.24) is 9.97 Å². The Bertz CT molecular complexity index is 1680. The molecule has 34 heavy (non-hydrogen) atoms. The number of carbonyl (C=O) groups excluding carboxylic acids is 1. The Balaban J connectivity index is 1.93. The van der Waals surface area contributed by atoms with Crippen LogP contribution in [-0.2, 0) is 10.3 Å². The van der Waals surface area contributed by atoms with Crippen LogP contribution in [0.3, 0.4) is 0 Å². The summed E-state index contributed by atoms with van der Waals surface area (Å²) in [6.07, 6.45) is 3.19. The molecule has 3 heterocycles. The highest BCUT2D eigenvalue weighted by Gasteiger charge is 2.52. The molecule has 1 aliphatic rings. The Kier molecular flexibility index (Phi) is 4.17. The van der Waals surface area contributed by atoms with E-state index in [9.17, 15) is 14.4 Å². The van der Waals surface area contributed by atoms with Crippen molar-refractivity contribution in [2.75, 3.05) is 0 Å². The second-order valence-electron chi connectivity index (χ2n) is 8.66. The molecule has 0 aliphatic carbocycles. The third kappa shape index (κ3) is 2.53. The third-order valence-electron chi connectivity index (χ3n) is 6.74. The van der Waals surface area contributed by atoms with Crippen LogP contribution in [0, 0.1) is 13.8 Å². The molecule has 2 aromatic heterocycles. The van der Waals surface area contributed by atoms with Crippen LogP contribution in [0.1, 0.15) is 38.2 Å². The summed E-state index contributed by atoms with van der Waals surface area (Å²) >= 11 is 0. The van der Waals surface area contributed by atoms with Gasteiger partial charge in [0.25, 0.3) is 0 Å². The number of H-pyrrole nitrogens is 2. The van der Waals surface area contributed by atoms with Crippen molar-refractivity contribution in [3.05, 3.63) is 127 Å². The molecule has 0 saturated carbocycles. The fraction of sp³-hybridized carbons (Fsp3) is 0.107. The number of aryl methyl sites for hydroxylation is 2. The number of cyclic esters (lactones) is 1. The quantitative estimate of drug-likeness (QED) is 0.390. The van der Waals surface area contributed by atoms with Crippen LogP contribution < -0.4 is 10.9 Å². The van der Waals surface area contributed by atoms with E-state index in [1.165, 1.54) is 12.1 Å². The number of rotatable bonds is 2. The van der Waals surface area contributed by atoms with E-state index < -0.39 is 11.6 Å². The maximum Gasteiger partial charge on any atom is 0.340 e. The number of fused-ring (bicyclic) bond motifs is 3. The van der Waals surface area contributed by atoms with Gasteiger partial charge in [-0.25, -0.2) is 4.79 Å². The minimum absolute atomic E-state index is 0.195. The van der Waals surface area contributed by atoms with Crippen molar-refractivity contribution in [3.63, 3.8) is 0 Å². The van der Waals surface area contributed by atoms with Crippen LogP contribution in [0.2, 0.25) is 0 Å². The number of hydrogen-bond acceptors (Lipinski definition) is 4. The van der Waals surface area contributed by atoms with Gasteiger partial charge in [0.05, 0.1) is 16.3 Å². The fourth-order valence-corrected chi connectivity index (χ4v) is 5.37. The molecule has 166 valence electrons. The molecular weight excluding hydrogens is 428 g/mol. The van der Waals surface area contributed by atoms with Crippen molar-refractivity contribution >= 4 is 27.8 Å². The van der Waals surface area contributed by atoms with E-state index in [0.717, 1.165) is 11.1 Å². The van der Waals surface area contributed by atoms with Crippen LogP contribution >= 0.6 is 0 Å². The van der Waals surface area contributed by atoms with Gasteiger partial charge in [-0.05, 0) is 43.2 Å². The zero-order valence-corrected chi connectivity index (χ0v) is 18.6. The van der Waals surface area contributed by atoms with Crippen LogP contribution in [0.15, 0.2) is 82.6 Å². The summed E-state index contributed by atoms with van der Waals surface area (Å²) < 4.78 is 6.33. The van der Waals surface area contributed by atoms with E-state index in [2.05, 4.69) is 9.97 Å². The van der Waals surface area contributed by atoms with Gasteiger partial charge < -0.3 is 14.7 Å². The first-order valence-corrected chi connectivity index (χ1v) is 11.0. The Morgan fingerprint density at radius 3 is 1.76 bits per heavy atom. The minimum atomic E-state index is -1.48. The number of pyridine rings is 2. The first kappa shape index (κ1) is 20.2. The lowest BCUT2D eigenvalue weighted by molar-refractivity contribution is 0.0256. The van der Waals surface area contributed by atoms with Gasteiger partial charge in [0.15, 0.2) is 16.5 Å². The summed E-state index contributed by atoms with van der Waals surface area (Å²) in [5.74, 6) is -0.497. The van der Waals surface area contributed by atoms with Crippen molar-refractivity contribution in [2.24, 2.45) is 0 Å². The summed E-state index contributed by atoms with van der Waals surface area (Å²) in [6, 6.07) is 17.6. The highest BCUT2D eigenvalue weighted by atomic mass is 16.6. The summed E-state index contributed by atoms with van der Waals surface area (Å²) in [7, 11) is 0. The molecule has 0 fully saturated rings. The Hall–Kier alpha value is -4.45. The Morgan fingerprint density at radius 1 is 0.676 bits per heavy atom. The molecule has 0 spiro atoms. The summed E-state index contributed by atoms with van der Waals surface area (Å²) in [6.45, 7) is 3.78. The molecule has 0 saturated heterocycles. The third-order valence-corrected chi connectivity index (χ3v) is 6.74. The smallest absolute Gasteiger partial charge is 0.340 e. The number of carbonyl (C=O) groups is 1. The van der Waals surface area contributed by atoms with Gasteiger partial charge in [-0.2, -0.15) is 0 Å². The van der Waals surface area contributed by atoms with Gasteiger partial charge in [0.1, 0.15) is 0 Å². The van der Waals surface area contributed by atoms with Crippen molar-refractivity contribution in [2.45, 2.75) is 19.4 Å². The van der Waals surface area contributed by atoms with Gasteiger partial charge in [-0.1, -0.05) is 30.3 Å². The number of esters is 1. The lowest BCUT2D eigenvalue weighted by Gasteiger charge is -2.34. The zero-order chi connectivity index (χ0) is 23.6. The standard InChI is InChI=1S/C28H20N2O4/c1-15-7-9-19-23(21(31)11-13-29-19)25(15)28(18-6-4-3-5-17(18)27(33)34-28)26-16(2)8-10-20-24(26)22(32)12-14-30-20/h3-14H,1-2H3,(H,29,31)(H,30,32). The normalized spacial score (nSPS) is 14.4.